The lowest BCUT2D eigenvalue weighted by Gasteiger charge is -2.36. The normalized spacial score (nSPS) is 20.0. The second-order valence-corrected chi connectivity index (χ2v) is 7.35. The summed E-state index contributed by atoms with van der Waals surface area (Å²) in [7, 11) is 4.29. The Morgan fingerprint density at radius 1 is 1.23 bits per heavy atom. The van der Waals surface area contributed by atoms with Crippen LogP contribution in [0.5, 0.6) is 5.75 Å². The third kappa shape index (κ3) is 6.87. The molecule has 0 aliphatic heterocycles. The molecule has 1 aliphatic rings. The molecular formula is C21H34N2O3. The number of nitrogens with one attached hydrogen (secondary N) is 1. The summed E-state index contributed by atoms with van der Waals surface area (Å²) in [6.07, 6.45) is 7.71. The Bertz CT molecular complexity index is 548. The van der Waals surface area contributed by atoms with Crippen LogP contribution in [0.1, 0.15) is 51.9 Å². The summed E-state index contributed by atoms with van der Waals surface area (Å²) in [5.41, 5.74) is 0.702. The molecule has 5 heteroatoms. The molecule has 1 aromatic rings. The van der Waals surface area contributed by atoms with E-state index in [-0.39, 0.29) is 0 Å². The van der Waals surface area contributed by atoms with Crippen molar-refractivity contribution in [2.45, 2.75) is 57.9 Å². The fraction of sp³-hybridized carbons (Fsp3) is 0.667. The predicted octanol–water partition coefficient (Wildman–Crippen LogP) is 4.92. The molecule has 0 bridgehead atoms. The molecule has 146 valence electrons. The average Bonchev–Trinajstić information content (AvgIpc) is 2.62. The van der Waals surface area contributed by atoms with Crippen molar-refractivity contribution >= 4 is 11.8 Å². The molecule has 1 saturated carbocycles. The van der Waals surface area contributed by atoms with Crippen molar-refractivity contribution in [3.05, 3.63) is 24.3 Å². The Hall–Kier alpha value is -1.75. The predicted molar refractivity (Wildman–Crippen MR) is 106 cm³/mol. The number of amides is 1. The molecule has 0 saturated heterocycles. The van der Waals surface area contributed by atoms with Gasteiger partial charge in [-0.3, -0.25) is 5.32 Å². The summed E-state index contributed by atoms with van der Waals surface area (Å²) < 4.78 is 11.1. The maximum atomic E-state index is 12.1. The third-order valence-corrected chi connectivity index (χ3v) is 5.10. The van der Waals surface area contributed by atoms with E-state index in [4.69, 9.17) is 9.47 Å². The fourth-order valence-corrected chi connectivity index (χ4v) is 3.66. The topological polar surface area (TPSA) is 50.8 Å². The number of carbonyl (C=O) groups is 1. The first-order valence-corrected chi connectivity index (χ1v) is 9.93. The molecule has 0 radical (unpaired) electrons. The van der Waals surface area contributed by atoms with Gasteiger partial charge in [-0.25, -0.2) is 4.79 Å². The molecular weight excluding hydrogens is 328 g/mol. The third-order valence-electron chi connectivity index (χ3n) is 5.10. The van der Waals surface area contributed by atoms with E-state index in [0.29, 0.717) is 30.9 Å². The van der Waals surface area contributed by atoms with Gasteiger partial charge in [0, 0.05) is 17.8 Å². The average molecular weight is 363 g/mol. The quantitative estimate of drug-likeness (QED) is 0.633. The molecule has 0 aromatic heterocycles. The lowest BCUT2D eigenvalue weighted by Crippen LogP contribution is -2.38. The van der Waals surface area contributed by atoms with Crippen LogP contribution in [0.4, 0.5) is 10.5 Å². The monoisotopic (exact) mass is 362 g/mol. The van der Waals surface area contributed by atoms with E-state index in [9.17, 15) is 4.79 Å². The largest absolute Gasteiger partial charge is 0.494 e. The molecule has 0 spiro atoms. The van der Waals surface area contributed by atoms with E-state index in [2.05, 4.69) is 31.2 Å². The molecule has 1 N–H and O–H groups in total. The number of anilines is 1. The number of nitrogens with zero attached hydrogens (tertiary/aromatic N) is 1. The van der Waals surface area contributed by atoms with Crippen molar-refractivity contribution in [1.82, 2.24) is 4.90 Å². The van der Waals surface area contributed by atoms with Gasteiger partial charge < -0.3 is 14.4 Å². The Morgan fingerprint density at radius 2 is 2.04 bits per heavy atom. The number of benzene rings is 1. The maximum absolute atomic E-state index is 12.1. The molecule has 5 nitrogen and oxygen atoms in total. The molecule has 0 heterocycles. The van der Waals surface area contributed by atoms with E-state index >= 15 is 0 Å². The second-order valence-electron chi connectivity index (χ2n) is 7.35. The van der Waals surface area contributed by atoms with Crippen LogP contribution in [0.2, 0.25) is 0 Å². The molecule has 2 atom stereocenters. The minimum absolute atomic E-state index is 0.395. The zero-order chi connectivity index (χ0) is 18.8. The zero-order valence-electron chi connectivity index (χ0n) is 16.5. The SMILES string of the molecule is CCCCOc1cccc(NC(=O)OCCC2CCCCC2N(C)C)c1. The van der Waals surface area contributed by atoms with Crippen molar-refractivity contribution in [2.24, 2.45) is 5.92 Å². The number of hydrogen-bond acceptors (Lipinski definition) is 4. The van der Waals surface area contributed by atoms with Gasteiger partial charge in [-0.1, -0.05) is 32.3 Å². The van der Waals surface area contributed by atoms with Gasteiger partial charge in [-0.05, 0) is 57.8 Å². The van der Waals surface area contributed by atoms with Crippen LogP contribution < -0.4 is 10.1 Å². The van der Waals surface area contributed by atoms with Crippen LogP contribution >= 0.6 is 0 Å². The van der Waals surface area contributed by atoms with Gasteiger partial charge in [0.25, 0.3) is 0 Å². The highest BCUT2D eigenvalue weighted by molar-refractivity contribution is 5.84. The highest BCUT2D eigenvalue weighted by atomic mass is 16.5. The molecule has 1 aliphatic carbocycles. The zero-order valence-corrected chi connectivity index (χ0v) is 16.5. The highest BCUT2D eigenvalue weighted by Gasteiger charge is 2.26. The van der Waals surface area contributed by atoms with E-state index in [1.807, 2.05) is 24.3 Å². The minimum atomic E-state index is -0.395. The first kappa shape index (κ1) is 20.6. The Kier molecular flexibility index (Phi) is 8.75. The van der Waals surface area contributed by atoms with Gasteiger partial charge in [-0.2, -0.15) is 0 Å². The van der Waals surface area contributed by atoms with Gasteiger partial charge in [0.15, 0.2) is 0 Å². The highest BCUT2D eigenvalue weighted by Crippen LogP contribution is 2.29. The standard InChI is InChI=1S/C21H34N2O3/c1-4-5-14-25-19-11-8-10-18(16-19)22-21(24)26-15-13-17-9-6-7-12-20(17)23(2)3/h8,10-11,16-17,20H,4-7,9,12-15H2,1-3H3,(H,22,24). The molecule has 26 heavy (non-hydrogen) atoms. The smallest absolute Gasteiger partial charge is 0.411 e. The number of rotatable bonds is 9. The molecule has 2 unspecified atom stereocenters. The Labute approximate surface area is 158 Å². The van der Waals surface area contributed by atoms with Crippen molar-refractivity contribution in [3.63, 3.8) is 0 Å². The number of carbonyl (C=O) groups excluding carboxylic acids is 1. The number of hydrogen-bond donors (Lipinski definition) is 1. The summed E-state index contributed by atoms with van der Waals surface area (Å²) in [4.78, 5) is 14.4. The van der Waals surface area contributed by atoms with Crippen molar-refractivity contribution in [1.29, 1.82) is 0 Å². The number of ether oxygens (including phenoxy) is 2. The van der Waals surface area contributed by atoms with Gasteiger partial charge in [0.2, 0.25) is 0 Å². The minimum Gasteiger partial charge on any atom is -0.494 e. The maximum Gasteiger partial charge on any atom is 0.411 e. The lowest BCUT2D eigenvalue weighted by atomic mass is 9.82. The first-order valence-electron chi connectivity index (χ1n) is 9.93. The molecule has 1 fully saturated rings. The van der Waals surface area contributed by atoms with Gasteiger partial charge in [0.05, 0.1) is 13.2 Å². The summed E-state index contributed by atoms with van der Waals surface area (Å²) in [6.45, 7) is 3.29. The van der Waals surface area contributed by atoms with E-state index in [0.717, 1.165) is 25.0 Å². The summed E-state index contributed by atoms with van der Waals surface area (Å²) in [5.74, 6) is 1.38. The van der Waals surface area contributed by atoms with Crippen LogP contribution in [0.15, 0.2) is 24.3 Å². The van der Waals surface area contributed by atoms with Gasteiger partial charge in [-0.15, -0.1) is 0 Å². The fourth-order valence-electron chi connectivity index (χ4n) is 3.66. The van der Waals surface area contributed by atoms with Crippen LogP contribution in [-0.4, -0.2) is 44.3 Å². The van der Waals surface area contributed by atoms with Crippen molar-refractivity contribution < 1.29 is 14.3 Å². The summed E-state index contributed by atoms with van der Waals surface area (Å²) >= 11 is 0. The Morgan fingerprint density at radius 3 is 2.81 bits per heavy atom. The van der Waals surface area contributed by atoms with E-state index in [1.54, 1.807) is 0 Å². The summed E-state index contributed by atoms with van der Waals surface area (Å²) in [6, 6.07) is 8.06. The number of unbranched alkanes of at least 4 members (excludes halogenated alkanes) is 1. The Balaban J connectivity index is 1.73. The van der Waals surface area contributed by atoms with Crippen LogP contribution in [0.25, 0.3) is 0 Å². The van der Waals surface area contributed by atoms with Crippen molar-refractivity contribution in [3.8, 4) is 5.75 Å². The van der Waals surface area contributed by atoms with Crippen LogP contribution in [0.3, 0.4) is 0 Å². The lowest BCUT2D eigenvalue weighted by molar-refractivity contribution is 0.112. The van der Waals surface area contributed by atoms with E-state index in [1.165, 1.54) is 25.7 Å². The van der Waals surface area contributed by atoms with Gasteiger partial charge in [0.1, 0.15) is 5.75 Å². The van der Waals surface area contributed by atoms with Crippen LogP contribution in [-0.2, 0) is 4.74 Å². The second kappa shape index (κ2) is 11.1. The van der Waals surface area contributed by atoms with Crippen LogP contribution in [0, 0.1) is 5.92 Å². The summed E-state index contributed by atoms with van der Waals surface area (Å²) in [5, 5.41) is 2.79. The molecule has 2 rings (SSSR count). The van der Waals surface area contributed by atoms with Crippen molar-refractivity contribution in [2.75, 3.05) is 32.6 Å². The van der Waals surface area contributed by atoms with Gasteiger partial charge >= 0.3 is 6.09 Å². The first-order chi connectivity index (χ1) is 12.6. The van der Waals surface area contributed by atoms with E-state index < -0.39 is 6.09 Å². The molecule has 1 aromatic carbocycles. The molecule has 1 amide bonds.